The van der Waals surface area contributed by atoms with Crippen molar-refractivity contribution >= 4 is 17.7 Å². The summed E-state index contributed by atoms with van der Waals surface area (Å²) in [6.45, 7) is 1.71. The van der Waals surface area contributed by atoms with Gasteiger partial charge in [0.15, 0.2) is 0 Å². The number of nitrogens with zero attached hydrogens (tertiary/aromatic N) is 2. The van der Waals surface area contributed by atoms with Crippen LogP contribution in [0.1, 0.15) is 12.5 Å². The molecule has 0 aliphatic carbocycles. The molecule has 0 N–H and O–H groups in total. The number of halogens is 1. The lowest BCUT2D eigenvalue weighted by atomic mass is 10.2. The van der Waals surface area contributed by atoms with Gasteiger partial charge in [0, 0.05) is 12.4 Å². The minimum Gasteiger partial charge on any atom is -0.263 e. The Morgan fingerprint density at radius 2 is 2.38 bits per heavy atom. The van der Waals surface area contributed by atoms with Gasteiger partial charge in [-0.3, -0.25) is 4.98 Å². The number of pyridine rings is 1. The zero-order chi connectivity index (χ0) is 9.68. The molecule has 0 amide bonds. The quantitative estimate of drug-likeness (QED) is 0.698. The van der Waals surface area contributed by atoms with E-state index in [-0.39, 0.29) is 6.04 Å². The molecule has 68 valence electrons. The third-order valence-electron chi connectivity index (χ3n) is 1.46. The Morgan fingerprint density at radius 3 is 3.00 bits per heavy atom. The van der Waals surface area contributed by atoms with E-state index < -0.39 is 0 Å². The molecule has 0 spiro atoms. The largest absolute Gasteiger partial charge is 0.263 e. The van der Waals surface area contributed by atoms with Crippen LogP contribution >= 0.6 is 11.6 Å². The summed E-state index contributed by atoms with van der Waals surface area (Å²) in [5.41, 5.74) is 0.864. The zero-order valence-corrected chi connectivity index (χ0v) is 7.90. The van der Waals surface area contributed by atoms with Crippen molar-refractivity contribution in [1.29, 1.82) is 0 Å². The second-order valence-electron chi connectivity index (χ2n) is 2.64. The van der Waals surface area contributed by atoms with E-state index >= 15 is 0 Å². The van der Waals surface area contributed by atoms with Gasteiger partial charge in [-0.2, -0.15) is 4.91 Å². The SMILES string of the molecule is CC(C=Cc1cncc(Cl)c1)N=O. The maximum absolute atomic E-state index is 10.1. The van der Waals surface area contributed by atoms with E-state index in [1.165, 1.54) is 0 Å². The highest BCUT2D eigenvalue weighted by molar-refractivity contribution is 6.30. The van der Waals surface area contributed by atoms with E-state index in [2.05, 4.69) is 10.2 Å². The minimum atomic E-state index is -0.320. The van der Waals surface area contributed by atoms with Crippen LogP contribution in [0.5, 0.6) is 0 Å². The Labute approximate surface area is 81.4 Å². The molecule has 0 aliphatic rings. The van der Waals surface area contributed by atoms with Crippen LogP contribution in [-0.4, -0.2) is 11.0 Å². The Kier molecular flexibility index (Phi) is 3.58. The topological polar surface area (TPSA) is 42.3 Å². The normalized spacial score (nSPS) is 13.1. The third kappa shape index (κ3) is 3.34. The fourth-order valence-electron chi connectivity index (χ4n) is 0.805. The standard InChI is InChI=1S/C9H9ClN2O/c1-7(12-13)2-3-8-4-9(10)6-11-5-8/h2-7H,1H3. The fraction of sp³-hybridized carbons (Fsp3) is 0.222. The van der Waals surface area contributed by atoms with Crippen LogP contribution < -0.4 is 0 Å². The van der Waals surface area contributed by atoms with Crippen LogP contribution in [0.2, 0.25) is 5.02 Å². The second kappa shape index (κ2) is 4.72. The molecule has 3 nitrogen and oxygen atoms in total. The molecule has 1 unspecified atom stereocenters. The van der Waals surface area contributed by atoms with Gasteiger partial charge < -0.3 is 0 Å². The molecule has 0 aromatic carbocycles. The lowest BCUT2D eigenvalue weighted by Crippen LogP contribution is -1.88. The minimum absolute atomic E-state index is 0.320. The van der Waals surface area contributed by atoms with Crippen LogP contribution in [0.4, 0.5) is 0 Å². The van der Waals surface area contributed by atoms with Gasteiger partial charge in [0.2, 0.25) is 0 Å². The van der Waals surface area contributed by atoms with Crippen LogP contribution in [0.25, 0.3) is 6.08 Å². The highest BCUT2D eigenvalue weighted by Crippen LogP contribution is 2.10. The molecule has 0 saturated heterocycles. The molecule has 1 atom stereocenters. The molecule has 0 bridgehead atoms. The second-order valence-corrected chi connectivity index (χ2v) is 3.08. The van der Waals surface area contributed by atoms with Crippen molar-refractivity contribution in [1.82, 2.24) is 4.98 Å². The summed E-state index contributed by atoms with van der Waals surface area (Å²) in [7, 11) is 0. The van der Waals surface area contributed by atoms with E-state index in [1.54, 1.807) is 37.5 Å². The van der Waals surface area contributed by atoms with E-state index in [4.69, 9.17) is 11.6 Å². The van der Waals surface area contributed by atoms with Crippen LogP contribution in [0.15, 0.2) is 29.7 Å². The first kappa shape index (κ1) is 9.86. The smallest absolute Gasteiger partial charge is 0.107 e. The van der Waals surface area contributed by atoms with Crippen LogP contribution in [-0.2, 0) is 0 Å². The number of nitroso groups, excluding NO2 is 1. The Balaban J connectivity index is 2.74. The van der Waals surface area contributed by atoms with Gasteiger partial charge in [-0.05, 0) is 18.6 Å². The van der Waals surface area contributed by atoms with Gasteiger partial charge >= 0.3 is 0 Å². The Morgan fingerprint density at radius 1 is 1.62 bits per heavy atom. The van der Waals surface area contributed by atoms with Gasteiger partial charge in [0.25, 0.3) is 0 Å². The lowest BCUT2D eigenvalue weighted by Gasteiger charge is -1.94. The van der Waals surface area contributed by atoms with Crippen LogP contribution in [0.3, 0.4) is 0 Å². The fourth-order valence-corrected chi connectivity index (χ4v) is 0.987. The zero-order valence-electron chi connectivity index (χ0n) is 7.14. The first-order chi connectivity index (χ1) is 6.22. The first-order valence-electron chi connectivity index (χ1n) is 3.83. The maximum atomic E-state index is 10.1. The summed E-state index contributed by atoms with van der Waals surface area (Å²) in [5.74, 6) is 0. The molecule has 0 fully saturated rings. The molecule has 1 heterocycles. The van der Waals surface area contributed by atoms with Gasteiger partial charge in [-0.15, -0.1) is 0 Å². The number of hydrogen-bond donors (Lipinski definition) is 0. The summed E-state index contributed by atoms with van der Waals surface area (Å²) in [6, 6.07) is 1.45. The van der Waals surface area contributed by atoms with Crippen molar-refractivity contribution in [3.63, 3.8) is 0 Å². The van der Waals surface area contributed by atoms with E-state index in [9.17, 15) is 4.91 Å². The average Bonchev–Trinajstić information content (AvgIpc) is 2.14. The molecular formula is C9H9ClN2O. The molecule has 1 rings (SSSR count). The number of rotatable bonds is 3. The molecular weight excluding hydrogens is 188 g/mol. The van der Waals surface area contributed by atoms with Crippen molar-refractivity contribution < 1.29 is 0 Å². The molecule has 1 aromatic heterocycles. The summed E-state index contributed by atoms with van der Waals surface area (Å²) >= 11 is 5.71. The molecule has 0 aliphatic heterocycles. The molecule has 1 aromatic rings. The van der Waals surface area contributed by atoms with Gasteiger partial charge in [-0.1, -0.05) is 28.9 Å². The summed E-state index contributed by atoms with van der Waals surface area (Å²) in [5, 5.41) is 3.41. The van der Waals surface area contributed by atoms with Gasteiger partial charge in [0.1, 0.15) is 6.04 Å². The van der Waals surface area contributed by atoms with E-state index in [0.717, 1.165) is 5.56 Å². The molecule has 13 heavy (non-hydrogen) atoms. The predicted octanol–water partition coefficient (Wildman–Crippen LogP) is 2.90. The van der Waals surface area contributed by atoms with Crippen molar-refractivity contribution in [3.05, 3.63) is 40.0 Å². The molecule has 0 radical (unpaired) electrons. The lowest BCUT2D eigenvalue weighted by molar-refractivity contribution is 0.920. The highest BCUT2D eigenvalue weighted by atomic mass is 35.5. The first-order valence-corrected chi connectivity index (χ1v) is 4.21. The number of aromatic nitrogens is 1. The van der Waals surface area contributed by atoms with Crippen molar-refractivity contribution in [2.45, 2.75) is 13.0 Å². The van der Waals surface area contributed by atoms with E-state index in [1.807, 2.05) is 0 Å². The third-order valence-corrected chi connectivity index (χ3v) is 1.67. The van der Waals surface area contributed by atoms with Gasteiger partial charge in [0.05, 0.1) is 5.02 Å². The summed E-state index contributed by atoms with van der Waals surface area (Å²) in [4.78, 5) is 13.9. The van der Waals surface area contributed by atoms with Crippen molar-refractivity contribution in [2.24, 2.45) is 5.18 Å². The van der Waals surface area contributed by atoms with Crippen LogP contribution in [0, 0.1) is 4.91 Å². The van der Waals surface area contributed by atoms with E-state index in [0.29, 0.717) is 5.02 Å². The van der Waals surface area contributed by atoms with Gasteiger partial charge in [-0.25, -0.2) is 0 Å². The molecule has 4 heteroatoms. The molecule has 0 saturated carbocycles. The van der Waals surface area contributed by atoms with Crippen molar-refractivity contribution in [2.75, 3.05) is 0 Å². The Hall–Kier alpha value is -1.22. The highest BCUT2D eigenvalue weighted by Gasteiger charge is 1.93. The number of hydrogen-bond acceptors (Lipinski definition) is 3. The average molecular weight is 197 g/mol. The monoisotopic (exact) mass is 196 g/mol. The summed E-state index contributed by atoms with van der Waals surface area (Å²) in [6.07, 6.45) is 6.69. The summed E-state index contributed by atoms with van der Waals surface area (Å²) < 4.78 is 0. The maximum Gasteiger partial charge on any atom is 0.107 e. The Bertz CT molecular complexity index is 325. The predicted molar refractivity (Wildman–Crippen MR) is 53.5 cm³/mol. The van der Waals surface area contributed by atoms with Crippen molar-refractivity contribution in [3.8, 4) is 0 Å².